The lowest BCUT2D eigenvalue weighted by Gasteiger charge is -2.48. The molecule has 0 aromatic heterocycles. The van der Waals surface area contributed by atoms with E-state index in [2.05, 4.69) is 19.2 Å². The lowest BCUT2D eigenvalue weighted by molar-refractivity contribution is -0.379. The molecule has 0 spiro atoms. The first-order valence-electron chi connectivity index (χ1n) is 46.4. The summed E-state index contributed by atoms with van der Waals surface area (Å²) in [5, 5.41) is 121. The summed E-state index contributed by atoms with van der Waals surface area (Å²) in [5.74, 6) is -0.264. The summed E-state index contributed by atoms with van der Waals surface area (Å²) in [5.41, 5.74) is 0. The zero-order chi connectivity index (χ0) is 78.8. The Labute approximate surface area is 665 Å². The maximum atomic E-state index is 13.5. The quantitative estimate of drug-likeness (QED) is 0.0199. The van der Waals surface area contributed by atoms with E-state index in [1.54, 1.807) is 6.08 Å². The van der Waals surface area contributed by atoms with Crippen LogP contribution in [0.15, 0.2) is 12.2 Å². The first-order valence-corrected chi connectivity index (χ1v) is 46.4. The highest BCUT2D eigenvalue weighted by atomic mass is 16.8. The molecule has 19 nitrogen and oxygen atoms in total. The molecule has 0 aromatic rings. The summed E-state index contributed by atoms with van der Waals surface area (Å²) < 4.78 is 34.6. The fraction of sp³-hybridized carbons (Fsp3) is 0.967. The molecule has 0 aromatic carbocycles. The van der Waals surface area contributed by atoms with Crippen LogP contribution >= 0.6 is 0 Å². The lowest BCUT2D eigenvalue weighted by Crippen LogP contribution is -2.66. The second-order valence-corrected chi connectivity index (χ2v) is 33.5. The number of hydrogen-bond acceptors (Lipinski definition) is 18. The van der Waals surface area contributed by atoms with E-state index >= 15 is 0 Å². The topological polar surface area (TPSA) is 307 Å². The summed E-state index contributed by atoms with van der Waals surface area (Å²) in [6.07, 6.45) is 60.9. The molecule has 3 rings (SSSR count). The summed E-state index contributed by atoms with van der Waals surface area (Å²) >= 11 is 0. The molecule has 109 heavy (non-hydrogen) atoms. The molecular weight excluding hydrogens is 1380 g/mol. The number of carbonyl (C=O) groups excluding carboxylic acids is 1. The Balaban J connectivity index is 1.32. The van der Waals surface area contributed by atoms with Crippen molar-refractivity contribution in [3.63, 3.8) is 0 Å². The van der Waals surface area contributed by atoms with Gasteiger partial charge in [-0.3, -0.25) is 4.79 Å². The van der Waals surface area contributed by atoms with E-state index in [1.165, 1.54) is 353 Å². The third-order valence-corrected chi connectivity index (χ3v) is 23.6. The molecule has 0 radical (unpaired) electrons. The van der Waals surface area contributed by atoms with Gasteiger partial charge in [-0.2, -0.15) is 0 Å². The maximum Gasteiger partial charge on any atom is 0.220 e. The van der Waals surface area contributed by atoms with Crippen molar-refractivity contribution < 1.29 is 89.4 Å². The first-order chi connectivity index (χ1) is 53.3. The van der Waals surface area contributed by atoms with Gasteiger partial charge in [-0.05, 0) is 19.3 Å². The molecular formula is C90H173NO18. The molecule has 3 saturated heterocycles. The van der Waals surface area contributed by atoms with Crippen molar-refractivity contribution >= 4 is 5.91 Å². The molecule has 646 valence electrons. The Morgan fingerprint density at radius 3 is 0.862 bits per heavy atom. The average Bonchev–Trinajstić information content (AvgIpc) is 0.782. The van der Waals surface area contributed by atoms with Gasteiger partial charge in [0.15, 0.2) is 18.9 Å². The summed E-state index contributed by atoms with van der Waals surface area (Å²) in [6, 6.07) is -0.971. The molecule has 12 N–H and O–H groups in total. The van der Waals surface area contributed by atoms with Crippen LogP contribution in [0.1, 0.15) is 425 Å². The highest BCUT2D eigenvalue weighted by Gasteiger charge is 2.54. The smallest absolute Gasteiger partial charge is 0.220 e. The van der Waals surface area contributed by atoms with Crippen LogP contribution in [0.3, 0.4) is 0 Å². The molecule has 0 bridgehead atoms. The molecule has 3 aliphatic heterocycles. The minimum Gasteiger partial charge on any atom is -0.394 e. The third kappa shape index (κ3) is 49.4. The number of unbranched alkanes of at least 4 members (excludes halogenated alkanes) is 61. The van der Waals surface area contributed by atoms with Gasteiger partial charge in [0.1, 0.15) is 73.2 Å². The standard InChI is InChI=1S/C90H173NO18/c1-3-5-7-9-11-13-15-17-19-21-23-25-27-29-31-33-35-37-39-41-43-45-47-49-51-53-55-57-59-61-63-65-67-74(95)73(91-78(96)68-66-64-62-60-58-56-54-52-50-48-46-44-42-40-38-36-34-32-30-28-26-24-22-20-18-16-14-12-10-8-6-4-2)72-104-88-84(102)81(99)86(76(70-93)106-88)109-90-85(103)82(100)87(77(71-94)107-90)108-89-83(101)80(98)79(97)75(69-92)105-89/h65,67,73-77,79-90,92-95,97-103H,3-64,66,68-72H2,1-2H3,(H,91,96)/b67-65+. The van der Waals surface area contributed by atoms with Gasteiger partial charge < -0.3 is 89.9 Å². The van der Waals surface area contributed by atoms with E-state index in [4.69, 9.17) is 28.4 Å². The number of rotatable bonds is 77. The fourth-order valence-electron chi connectivity index (χ4n) is 16.2. The minimum absolute atomic E-state index is 0.251. The van der Waals surface area contributed by atoms with E-state index in [0.717, 1.165) is 44.9 Å². The van der Waals surface area contributed by atoms with Crippen LogP contribution in [0, 0.1) is 0 Å². The molecule has 3 fully saturated rings. The Hall–Kier alpha value is -1.47. The molecule has 0 saturated carbocycles. The predicted molar refractivity (Wildman–Crippen MR) is 439 cm³/mol. The van der Waals surface area contributed by atoms with Gasteiger partial charge in [-0.25, -0.2) is 0 Å². The van der Waals surface area contributed by atoms with Crippen molar-refractivity contribution in [2.45, 2.75) is 529 Å². The van der Waals surface area contributed by atoms with Crippen LogP contribution in [0.4, 0.5) is 0 Å². The van der Waals surface area contributed by atoms with Gasteiger partial charge in [0.05, 0.1) is 38.6 Å². The molecule has 17 atom stereocenters. The second-order valence-electron chi connectivity index (χ2n) is 33.5. The van der Waals surface area contributed by atoms with E-state index in [9.17, 15) is 61.0 Å². The van der Waals surface area contributed by atoms with E-state index in [1.807, 2.05) is 6.08 Å². The van der Waals surface area contributed by atoms with Crippen LogP contribution in [0.25, 0.3) is 0 Å². The van der Waals surface area contributed by atoms with E-state index in [0.29, 0.717) is 6.42 Å². The molecule has 17 unspecified atom stereocenters. The number of ether oxygens (including phenoxy) is 6. The average molecular weight is 1560 g/mol. The zero-order valence-electron chi connectivity index (χ0n) is 69.8. The first kappa shape index (κ1) is 102. The van der Waals surface area contributed by atoms with Crippen LogP contribution in [-0.4, -0.2) is 193 Å². The summed E-state index contributed by atoms with van der Waals surface area (Å²) in [4.78, 5) is 13.5. The highest BCUT2D eigenvalue weighted by Crippen LogP contribution is 2.34. The number of aliphatic hydroxyl groups is 11. The van der Waals surface area contributed by atoms with E-state index < -0.39 is 124 Å². The summed E-state index contributed by atoms with van der Waals surface area (Å²) in [7, 11) is 0. The Morgan fingerprint density at radius 1 is 0.321 bits per heavy atom. The molecule has 1 amide bonds. The molecule has 19 heteroatoms. The van der Waals surface area contributed by atoms with Gasteiger partial charge in [0.25, 0.3) is 0 Å². The van der Waals surface area contributed by atoms with Crippen LogP contribution < -0.4 is 5.32 Å². The SMILES string of the molecule is CCCCCCCCCCCCCCCCCCCCCCCCCCCCCCCC/C=C/C(O)C(COC1OC(CO)C(OC2OC(CO)C(OC3OC(CO)C(O)C(O)C3O)C(O)C2O)C(O)C1O)NC(=O)CCCCCCCCCCCCCCCCCCCCCCCCCCCCCCCCCC. The lowest BCUT2D eigenvalue weighted by atomic mass is 9.96. The maximum absolute atomic E-state index is 13.5. The Bertz CT molecular complexity index is 2010. The van der Waals surface area contributed by atoms with Crippen molar-refractivity contribution in [2.24, 2.45) is 0 Å². The number of carbonyl (C=O) groups is 1. The van der Waals surface area contributed by atoms with Gasteiger partial charge >= 0.3 is 0 Å². The summed E-state index contributed by atoms with van der Waals surface area (Å²) in [6.45, 7) is 1.83. The van der Waals surface area contributed by atoms with E-state index in [-0.39, 0.29) is 18.9 Å². The number of nitrogens with one attached hydrogen (secondary N) is 1. The molecule has 3 aliphatic rings. The van der Waals surface area contributed by atoms with Crippen molar-refractivity contribution in [1.29, 1.82) is 0 Å². The van der Waals surface area contributed by atoms with Gasteiger partial charge in [-0.1, -0.05) is 411 Å². The van der Waals surface area contributed by atoms with Crippen LogP contribution in [-0.2, 0) is 33.2 Å². The van der Waals surface area contributed by atoms with Gasteiger partial charge in [0.2, 0.25) is 5.91 Å². The largest absolute Gasteiger partial charge is 0.394 e. The van der Waals surface area contributed by atoms with Crippen LogP contribution in [0.2, 0.25) is 0 Å². The molecule has 0 aliphatic carbocycles. The molecule has 3 heterocycles. The van der Waals surface area contributed by atoms with Crippen molar-refractivity contribution in [2.75, 3.05) is 26.4 Å². The monoisotopic (exact) mass is 1560 g/mol. The highest BCUT2D eigenvalue weighted by molar-refractivity contribution is 5.76. The van der Waals surface area contributed by atoms with Crippen molar-refractivity contribution in [3.05, 3.63) is 12.2 Å². The Morgan fingerprint density at radius 2 is 0.569 bits per heavy atom. The Kier molecular flexibility index (Phi) is 66.0. The number of allylic oxidation sites excluding steroid dienone is 1. The minimum atomic E-state index is -1.98. The van der Waals surface area contributed by atoms with Crippen LogP contribution in [0.5, 0.6) is 0 Å². The van der Waals surface area contributed by atoms with Crippen molar-refractivity contribution in [1.82, 2.24) is 5.32 Å². The fourth-order valence-corrected chi connectivity index (χ4v) is 16.2. The predicted octanol–water partition coefficient (Wildman–Crippen LogP) is 17.9. The normalized spacial score (nSPS) is 25.2. The zero-order valence-corrected chi connectivity index (χ0v) is 69.8. The second kappa shape index (κ2) is 70.7. The van der Waals surface area contributed by atoms with Crippen molar-refractivity contribution in [3.8, 4) is 0 Å². The number of aliphatic hydroxyl groups excluding tert-OH is 11. The third-order valence-electron chi connectivity index (χ3n) is 23.6. The number of amides is 1. The number of hydrogen-bond donors (Lipinski definition) is 12. The van der Waals surface area contributed by atoms with Gasteiger partial charge in [0, 0.05) is 6.42 Å². The van der Waals surface area contributed by atoms with Gasteiger partial charge in [-0.15, -0.1) is 0 Å².